The van der Waals surface area contributed by atoms with Crippen LogP contribution in [0, 0.1) is 5.82 Å². The lowest BCUT2D eigenvalue weighted by molar-refractivity contribution is 0.516. The molecule has 1 aliphatic carbocycles. The van der Waals surface area contributed by atoms with E-state index in [1.165, 1.54) is 18.4 Å². The number of halogens is 1. The number of rotatable bonds is 1. The minimum atomic E-state index is -0.0801. The maximum Gasteiger partial charge on any atom is 0.127 e. The summed E-state index contributed by atoms with van der Waals surface area (Å²) in [5, 5.41) is 0. The predicted octanol–water partition coefficient (Wildman–Crippen LogP) is 4.00. The molecule has 1 aliphatic rings. The van der Waals surface area contributed by atoms with Crippen molar-refractivity contribution in [3.63, 3.8) is 0 Å². The van der Waals surface area contributed by atoms with Gasteiger partial charge in [0.1, 0.15) is 5.82 Å². The highest BCUT2D eigenvalue weighted by Crippen LogP contribution is 2.44. The largest absolute Gasteiger partial charge is 0.207 e. The Morgan fingerprint density at radius 2 is 1.86 bits per heavy atom. The molecule has 76 valence electrons. The van der Waals surface area contributed by atoms with Gasteiger partial charge < -0.3 is 0 Å². The maximum absolute atomic E-state index is 13.7. The molecule has 14 heavy (non-hydrogen) atoms. The van der Waals surface area contributed by atoms with E-state index in [1.807, 2.05) is 6.07 Å². The Labute approximate surface area is 85.1 Å². The SMILES string of the molecule is CC(C)(C)c1c(F)cccc1C1CC1. The Balaban J connectivity index is 2.53. The number of hydrogen-bond donors (Lipinski definition) is 0. The molecule has 0 heterocycles. The van der Waals surface area contributed by atoms with Gasteiger partial charge >= 0.3 is 0 Å². The van der Waals surface area contributed by atoms with E-state index in [0.717, 1.165) is 5.56 Å². The van der Waals surface area contributed by atoms with Gasteiger partial charge in [0.25, 0.3) is 0 Å². The van der Waals surface area contributed by atoms with E-state index in [2.05, 4.69) is 26.8 Å². The topological polar surface area (TPSA) is 0 Å². The highest BCUT2D eigenvalue weighted by Gasteiger charge is 2.31. The molecule has 0 unspecified atom stereocenters. The van der Waals surface area contributed by atoms with E-state index in [4.69, 9.17) is 0 Å². The Bertz CT molecular complexity index is 343. The standard InChI is InChI=1S/C13H17F/c1-13(2,3)12-10(9-7-8-9)5-4-6-11(12)14/h4-6,9H,7-8H2,1-3H3. The highest BCUT2D eigenvalue weighted by molar-refractivity contribution is 5.38. The molecule has 0 aliphatic heterocycles. The zero-order chi connectivity index (χ0) is 10.3. The van der Waals surface area contributed by atoms with Crippen molar-refractivity contribution in [2.24, 2.45) is 0 Å². The molecule has 0 nitrogen and oxygen atoms in total. The van der Waals surface area contributed by atoms with Gasteiger partial charge in [0, 0.05) is 0 Å². The van der Waals surface area contributed by atoms with Crippen LogP contribution in [0.15, 0.2) is 18.2 Å². The van der Waals surface area contributed by atoms with Crippen LogP contribution in [0.3, 0.4) is 0 Å². The lowest BCUT2D eigenvalue weighted by atomic mass is 9.82. The van der Waals surface area contributed by atoms with Crippen LogP contribution in [0.2, 0.25) is 0 Å². The van der Waals surface area contributed by atoms with E-state index in [-0.39, 0.29) is 11.2 Å². The summed E-state index contributed by atoms with van der Waals surface area (Å²) in [5.74, 6) is 0.585. The fourth-order valence-electron chi connectivity index (χ4n) is 2.07. The summed E-state index contributed by atoms with van der Waals surface area (Å²) in [4.78, 5) is 0. The molecule has 0 saturated heterocycles. The van der Waals surface area contributed by atoms with Crippen LogP contribution in [0.25, 0.3) is 0 Å². The molecule has 1 aromatic rings. The summed E-state index contributed by atoms with van der Waals surface area (Å²) in [6.45, 7) is 6.24. The minimum absolute atomic E-state index is 0.0399. The average Bonchev–Trinajstić information content (AvgIpc) is 2.83. The Morgan fingerprint density at radius 1 is 1.21 bits per heavy atom. The molecule has 0 N–H and O–H groups in total. The van der Waals surface area contributed by atoms with Crippen molar-refractivity contribution in [3.8, 4) is 0 Å². The lowest BCUT2D eigenvalue weighted by Gasteiger charge is -2.23. The molecule has 0 radical (unpaired) electrons. The molecule has 0 atom stereocenters. The van der Waals surface area contributed by atoms with Crippen LogP contribution < -0.4 is 0 Å². The first kappa shape index (κ1) is 9.70. The molecule has 2 rings (SSSR count). The molecule has 1 fully saturated rings. The van der Waals surface area contributed by atoms with Crippen molar-refractivity contribution < 1.29 is 4.39 Å². The van der Waals surface area contributed by atoms with E-state index in [1.54, 1.807) is 6.07 Å². The van der Waals surface area contributed by atoms with Gasteiger partial charge in [-0.05, 0) is 41.4 Å². The average molecular weight is 192 g/mol. The molecular weight excluding hydrogens is 175 g/mol. The van der Waals surface area contributed by atoms with Crippen LogP contribution in [0.4, 0.5) is 4.39 Å². The monoisotopic (exact) mass is 192 g/mol. The summed E-state index contributed by atoms with van der Waals surface area (Å²) >= 11 is 0. The zero-order valence-corrected chi connectivity index (χ0v) is 9.10. The van der Waals surface area contributed by atoms with Crippen molar-refractivity contribution in [3.05, 3.63) is 35.1 Å². The van der Waals surface area contributed by atoms with Gasteiger partial charge in [-0.25, -0.2) is 4.39 Å². The van der Waals surface area contributed by atoms with Crippen LogP contribution >= 0.6 is 0 Å². The summed E-state index contributed by atoms with van der Waals surface area (Å²) in [6.07, 6.45) is 2.46. The fraction of sp³-hybridized carbons (Fsp3) is 0.538. The molecule has 1 aromatic carbocycles. The van der Waals surface area contributed by atoms with Gasteiger partial charge in [-0.1, -0.05) is 32.9 Å². The summed E-state index contributed by atoms with van der Waals surface area (Å²) in [5.41, 5.74) is 2.07. The fourth-order valence-corrected chi connectivity index (χ4v) is 2.07. The molecular formula is C13H17F. The molecule has 0 amide bonds. The molecule has 0 spiro atoms. The van der Waals surface area contributed by atoms with Crippen molar-refractivity contribution in [1.29, 1.82) is 0 Å². The molecule has 0 bridgehead atoms. The third kappa shape index (κ3) is 1.68. The van der Waals surface area contributed by atoms with Crippen molar-refractivity contribution in [2.45, 2.75) is 44.9 Å². The normalized spacial score (nSPS) is 17.1. The van der Waals surface area contributed by atoms with Gasteiger partial charge in [-0.2, -0.15) is 0 Å². The van der Waals surface area contributed by atoms with Crippen LogP contribution in [-0.2, 0) is 5.41 Å². The second kappa shape index (κ2) is 3.08. The number of hydrogen-bond acceptors (Lipinski definition) is 0. The minimum Gasteiger partial charge on any atom is -0.207 e. The molecule has 1 saturated carbocycles. The van der Waals surface area contributed by atoms with Crippen molar-refractivity contribution >= 4 is 0 Å². The van der Waals surface area contributed by atoms with Gasteiger partial charge in [0.05, 0.1) is 0 Å². The first-order valence-electron chi connectivity index (χ1n) is 5.29. The van der Waals surface area contributed by atoms with Crippen molar-refractivity contribution in [2.75, 3.05) is 0 Å². The van der Waals surface area contributed by atoms with Crippen LogP contribution in [0.1, 0.15) is 50.7 Å². The first-order chi connectivity index (χ1) is 6.50. The first-order valence-corrected chi connectivity index (χ1v) is 5.29. The second-order valence-electron chi connectivity index (χ2n) is 5.23. The van der Waals surface area contributed by atoms with Crippen molar-refractivity contribution in [1.82, 2.24) is 0 Å². The van der Waals surface area contributed by atoms with E-state index < -0.39 is 0 Å². The summed E-state index contributed by atoms with van der Waals surface area (Å²) < 4.78 is 13.7. The summed E-state index contributed by atoms with van der Waals surface area (Å²) in [6, 6.07) is 5.49. The summed E-state index contributed by atoms with van der Waals surface area (Å²) in [7, 11) is 0. The van der Waals surface area contributed by atoms with Crippen LogP contribution in [-0.4, -0.2) is 0 Å². The van der Waals surface area contributed by atoms with Crippen LogP contribution in [0.5, 0.6) is 0 Å². The van der Waals surface area contributed by atoms with E-state index in [0.29, 0.717) is 5.92 Å². The third-order valence-electron chi connectivity index (χ3n) is 2.81. The maximum atomic E-state index is 13.7. The predicted molar refractivity (Wildman–Crippen MR) is 57.1 cm³/mol. The highest BCUT2D eigenvalue weighted by atomic mass is 19.1. The quantitative estimate of drug-likeness (QED) is 0.631. The third-order valence-corrected chi connectivity index (χ3v) is 2.81. The Morgan fingerprint density at radius 3 is 2.36 bits per heavy atom. The van der Waals surface area contributed by atoms with Gasteiger partial charge in [0.15, 0.2) is 0 Å². The van der Waals surface area contributed by atoms with Gasteiger partial charge in [-0.15, -0.1) is 0 Å². The second-order valence-corrected chi connectivity index (χ2v) is 5.23. The Hall–Kier alpha value is -0.850. The van der Waals surface area contributed by atoms with Gasteiger partial charge in [0.2, 0.25) is 0 Å². The van der Waals surface area contributed by atoms with E-state index in [9.17, 15) is 4.39 Å². The van der Waals surface area contributed by atoms with E-state index >= 15 is 0 Å². The zero-order valence-electron chi connectivity index (χ0n) is 9.10. The van der Waals surface area contributed by atoms with Gasteiger partial charge in [-0.3, -0.25) is 0 Å². The molecule has 0 aromatic heterocycles. The number of benzene rings is 1. The smallest absolute Gasteiger partial charge is 0.127 e. The Kier molecular flexibility index (Phi) is 2.13. The molecule has 1 heteroatoms. The lowest BCUT2D eigenvalue weighted by Crippen LogP contribution is -2.16.